The molecule has 0 aliphatic heterocycles. The van der Waals surface area contributed by atoms with Crippen LogP contribution in [0.2, 0.25) is 0 Å². The van der Waals surface area contributed by atoms with Gasteiger partial charge in [-0.3, -0.25) is 10.1 Å². The van der Waals surface area contributed by atoms with Crippen LogP contribution >= 0.6 is 23.1 Å². The molecular weight excluding hydrogens is 250 g/mol. The molecule has 0 aliphatic carbocycles. The van der Waals surface area contributed by atoms with Crippen LogP contribution < -0.4 is 5.73 Å². The molecule has 2 aromatic heterocycles. The number of aromatic nitrogens is 3. The largest absolute Gasteiger partial charge is 0.378 e. The van der Waals surface area contributed by atoms with Crippen molar-refractivity contribution in [3.63, 3.8) is 0 Å². The Labute approximate surface area is 97.9 Å². The van der Waals surface area contributed by atoms with E-state index in [0.29, 0.717) is 4.34 Å². The summed E-state index contributed by atoms with van der Waals surface area (Å²) < 4.78 is 0.668. The van der Waals surface area contributed by atoms with E-state index in [1.54, 1.807) is 11.6 Å². The lowest BCUT2D eigenvalue weighted by atomic mass is 10.5. The molecule has 0 amide bonds. The Kier molecular flexibility index (Phi) is 2.97. The van der Waals surface area contributed by atoms with E-state index in [2.05, 4.69) is 15.0 Å². The number of hydrogen-bond donors (Lipinski definition) is 1. The molecule has 2 aromatic rings. The van der Waals surface area contributed by atoms with Gasteiger partial charge in [0.1, 0.15) is 6.33 Å². The zero-order chi connectivity index (χ0) is 11.5. The van der Waals surface area contributed by atoms with Crippen LogP contribution in [0.15, 0.2) is 27.3 Å². The van der Waals surface area contributed by atoms with Crippen molar-refractivity contribution < 1.29 is 4.92 Å². The Bertz CT molecular complexity index is 516. The predicted molar refractivity (Wildman–Crippen MR) is 59.3 cm³/mol. The molecule has 0 saturated heterocycles. The first-order valence-corrected chi connectivity index (χ1v) is 5.70. The number of hydrogen-bond acceptors (Lipinski definition) is 8. The lowest BCUT2D eigenvalue weighted by Gasteiger charge is -2.00. The number of nitrogens with two attached hydrogens (primary N) is 1. The predicted octanol–water partition coefficient (Wildman–Crippen LogP) is 1.57. The van der Waals surface area contributed by atoms with E-state index in [-0.39, 0.29) is 16.5 Å². The number of rotatable bonds is 3. The molecule has 9 heteroatoms. The summed E-state index contributed by atoms with van der Waals surface area (Å²) in [6, 6.07) is 0. The maximum atomic E-state index is 10.8. The van der Waals surface area contributed by atoms with Crippen LogP contribution in [0.1, 0.15) is 0 Å². The minimum absolute atomic E-state index is 0.140. The third kappa shape index (κ3) is 2.09. The molecule has 0 fully saturated rings. The Hall–Kier alpha value is -1.74. The van der Waals surface area contributed by atoms with Crippen molar-refractivity contribution in [2.75, 3.05) is 5.73 Å². The van der Waals surface area contributed by atoms with E-state index >= 15 is 0 Å². The maximum absolute atomic E-state index is 10.8. The zero-order valence-corrected chi connectivity index (χ0v) is 9.36. The van der Waals surface area contributed by atoms with Crippen molar-refractivity contribution in [1.82, 2.24) is 15.0 Å². The highest BCUT2D eigenvalue weighted by molar-refractivity contribution is 8.01. The number of nitrogens with zero attached hydrogens (tertiary/aromatic N) is 4. The number of anilines is 1. The lowest BCUT2D eigenvalue weighted by Crippen LogP contribution is -2.01. The summed E-state index contributed by atoms with van der Waals surface area (Å²) in [5, 5.41) is 12.8. The van der Waals surface area contributed by atoms with Crippen LogP contribution in [0.3, 0.4) is 0 Å². The molecule has 2 rings (SSSR count). The summed E-state index contributed by atoms with van der Waals surface area (Å²) >= 11 is 2.47. The molecule has 82 valence electrons. The molecule has 16 heavy (non-hydrogen) atoms. The highest BCUT2D eigenvalue weighted by Crippen LogP contribution is 2.35. The molecular formula is C7H5N5O2S2. The van der Waals surface area contributed by atoms with Crippen LogP contribution in [0.5, 0.6) is 0 Å². The van der Waals surface area contributed by atoms with Gasteiger partial charge >= 0.3 is 5.69 Å². The molecule has 0 bridgehead atoms. The van der Waals surface area contributed by atoms with Gasteiger partial charge in [0.2, 0.25) is 5.82 Å². The van der Waals surface area contributed by atoms with Crippen LogP contribution in [-0.2, 0) is 0 Å². The minimum Gasteiger partial charge on any atom is -0.378 e. The topological polar surface area (TPSA) is 108 Å². The highest BCUT2D eigenvalue weighted by Gasteiger charge is 2.22. The second-order valence-corrected chi connectivity index (χ2v) is 4.70. The first-order chi connectivity index (χ1) is 7.68. The second kappa shape index (κ2) is 4.41. The Balaban J connectivity index is 2.40. The minimum atomic E-state index is -0.592. The molecule has 0 unspecified atom stereocenters. The summed E-state index contributed by atoms with van der Waals surface area (Å²) in [5.74, 6) is -0.140. The summed E-state index contributed by atoms with van der Waals surface area (Å²) in [5.41, 5.74) is 5.15. The SMILES string of the molecule is Nc1ncnc(Sc2nccs2)c1[N+](=O)[O-]. The van der Waals surface area contributed by atoms with E-state index in [1.807, 2.05) is 0 Å². The van der Waals surface area contributed by atoms with Crippen molar-refractivity contribution in [3.8, 4) is 0 Å². The van der Waals surface area contributed by atoms with E-state index in [4.69, 9.17) is 5.73 Å². The van der Waals surface area contributed by atoms with Crippen LogP contribution in [-0.4, -0.2) is 19.9 Å². The van der Waals surface area contributed by atoms with Gasteiger partial charge in [0.15, 0.2) is 9.37 Å². The fourth-order valence-corrected chi connectivity index (χ4v) is 2.58. The van der Waals surface area contributed by atoms with Gasteiger partial charge in [-0.05, 0) is 11.8 Å². The van der Waals surface area contributed by atoms with Gasteiger partial charge in [0, 0.05) is 11.6 Å². The van der Waals surface area contributed by atoms with E-state index < -0.39 is 4.92 Å². The molecule has 0 aliphatic rings. The summed E-state index contributed by atoms with van der Waals surface area (Å²) in [6.45, 7) is 0. The summed E-state index contributed by atoms with van der Waals surface area (Å²) in [4.78, 5) is 21.6. The van der Waals surface area contributed by atoms with Gasteiger partial charge in [0.05, 0.1) is 4.92 Å². The van der Waals surface area contributed by atoms with Crippen molar-refractivity contribution in [2.24, 2.45) is 0 Å². The molecule has 0 aromatic carbocycles. The van der Waals surface area contributed by atoms with Gasteiger partial charge in [-0.2, -0.15) is 0 Å². The van der Waals surface area contributed by atoms with Gasteiger partial charge in [-0.1, -0.05) is 0 Å². The number of thiazole rings is 1. The maximum Gasteiger partial charge on any atom is 0.343 e. The molecule has 0 saturated carbocycles. The fraction of sp³-hybridized carbons (Fsp3) is 0. The third-order valence-corrected chi connectivity index (χ3v) is 3.47. The van der Waals surface area contributed by atoms with Crippen molar-refractivity contribution in [1.29, 1.82) is 0 Å². The smallest absolute Gasteiger partial charge is 0.343 e. The summed E-state index contributed by atoms with van der Waals surface area (Å²) in [6.07, 6.45) is 2.81. The Morgan fingerprint density at radius 1 is 1.44 bits per heavy atom. The van der Waals surface area contributed by atoms with Gasteiger partial charge in [-0.15, -0.1) is 11.3 Å². The van der Waals surface area contributed by atoms with E-state index in [9.17, 15) is 10.1 Å². The first kappa shape index (κ1) is 10.8. The van der Waals surface area contributed by atoms with Crippen molar-refractivity contribution in [3.05, 3.63) is 28.0 Å². The van der Waals surface area contributed by atoms with Crippen LogP contribution in [0.4, 0.5) is 11.5 Å². The average molecular weight is 255 g/mol. The highest BCUT2D eigenvalue weighted by atomic mass is 32.2. The van der Waals surface area contributed by atoms with Crippen LogP contribution in [0, 0.1) is 10.1 Å². The normalized spacial score (nSPS) is 10.2. The molecule has 2 N–H and O–H groups in total. The van der Waals surface area contributed by atoms with Crippen molar-refractivity contribution in [2.45, 2.75) is 9.37 Å². The van der Waals surface area contributed by atoms with Gasteiger partial charge in [0.25, 0.3) is 0 Å². The monoisotopic (exact) mass is 255 g/mol. The first-order valence-electron chi connectivity index (χ1n) is 4.00. The zero-order valence-electron chi connectivity index (χ0n) is 7.73. The molecule has 2 heterocycles. The average Bonchev–Trinajstić information content (AvgIpc) is 2.70. The molecule has 0 radical (unpaired) electrons. The Morgan fingerprint density at radius 2 is 2.25 bits per heavy atom. The van der Waals surface area contributed by atoms with E-state index in [1.165, 1.54) is 17.7 Å². The summed E-state index contributed by atoms with van der Waals surface area (Å²) in [7, 11) is 0. The molecule has 0 atom stereocenters. The number of nitro groups is 1. The lowest BCUT2D eigenvalue weighted by molar-refractivity contribution is -0.387. The standard InChI is InChI=1S/C7H5N5O2S2/c8-5-4(12(13)14)6(11-3-10-5)16-7-9-1-2-15-7/h1-3H,(H2,8,10,11). The quantitative estimate of drug-likeness (QED) is 0.503. The fourth-order valence-electron chi connectivity index (χ4n) is 0.965. The second-order valence-electron chi connectivity index (χ2n) is 2.57. The Morgan fingerprint density at radius 3 is 2.88 bits per heavy atom. The van der Waals surface area contributed by atoms with Crippen molar-refractivity contribution >= 4 is 34.6 Å². The van der Waals surface area contributed by atoms with Gasteiger partial charge < -0.3 is 5.73 Å². The van der Waals surface area contributed by atoms with Crippen LogP contribution in [0.25, 0.3) is 0 Å². The molecule has 0 spiro atoms. The third-order valence-electron chi connectivity index (χ3n) is 1.59. The molecule has 7 nitrogen and oxygen atoms in total. The van der Waals surface area contributed by atoms with E-state index in [0.717, 1.165) is 11.8 Å². The number of nitrogen functional groups attached to an aromatic ring is 1. The van der Waals surface area contributed by atoms with Gasteiger partial charge in [-0.25, -0.2) is 15.0 Å².